The molecule has 0 spiro atoms. The summed E-state index contributed by atoms with van der Waals surface area (Å²) in [7, 11) is 1.30. The summed E-state index contributed by atoms with van der Waals surface area (Å²) in [6.07, 6.45) is 0. The van der Waals surface area contributed by atoms with Crippen molar-refractivity contribution in [3.05, 3.63) is 106 Å². The highest BCUT2D eigenvalue weighted by molar-refractivity contribution is 6.10. The average molecular weight is 453 g/mol. The quantitative estimate of drug-likeness (QED) is 0.430. The van der Waals surface area contributed by atoms with Crippen LogP contribution in [0.1, 0.15) is 27.6 Å². The van der Waals surface area contributed by atoms with E-state index in [1.165, 1.54) is 11.8 Å². The van der Waals surface area contributed by atoms with Crippen molar-refractivity contribution in [1.29, 1.82) is 0 Å². The molecule has 4 aromatic rings. The van der Waals surface area contributed by atoms with Crippen LogP contribution in [-0.2, 0) is 11.3 Å². The highest BCUT2D eigenvalue weighted by atomic mass is 16.5. The number of ether oxygens (including phenoxy) is 1. The van der Waals surface area contributed by atoms with Crippen LogP contribution in [0.3, 0.4) is 0 Å². The molecule has 0 bridgehead atoms. The van der Waals surface area contributed by atoms with Crippen molar-refractivity contribution in [3.8, 4) is 22.4 Å². The lowest BCUT2D eigenvalue weighted by Gasteiger charge is -2.17. The number of amides is 1. The molecule has 4 rings (SSSR count). The number of aromatic nitrogens is 2. The number of hydrogen-bond acceptors (Lipinski definition) is 5. The van der Waals surface area contributed by atoms with Gasteiger partial charge in [0.15, 0.2) is 0 Å². The van der Waals surface area contributed by atoms with Crippen molar-refractivity contribution in [1.82, 2.24) is 9.78 Å². The lowest BCUT2D eigenvalue weighted by atomic mass is 9.95. The molecule has 0 radical (unpaired) electrons. The first-order valence-electron chi connectivity index (χ1n) is 10.8. The van der Waals surface area contributed by atoms with Gasteiger partial charge in [-0.1, -0.05) is 60.7 Å². The summed E-state index contributed by atoms with van der Waals surface area (Å²) in [5.74, 6) is -1.03. The van der Waals surface area contributed by atoms with Crippen LogP contribution in [0, 0.1) is 0 Å². The number of nitrogens with one attached hydrogen (secondary N) is 1. The number of esters is 1. The number of aryl methyl sites for hydroxylation is 1. The molecule has 0 saturated carbocycles. The van der Waals surface area contributed by atoms with Gasteiger partial charge in [0.05, 0.1) is 18.4 Å². The Kier molecular flexibility index (Phi) is 6.64. The van der Waals surface area contributed by atoms with E-state index in [-0.39, 0.29) is 5.56 Å². The summed E-state index contributed by atoms with van der Waals surface area (Å²) in [5, 5.41) is 7.39. The summed E-state index contributed by atoms with van der Waals surface area (Å²) >= 11 is 0. The zero-order valence-corrected chi connectivity index (χ0v) is 18.8. The van der Waals surface area contributed by atoms with E-state index in [4.69, 9.17) is 4.74 Å². The lowest BCUT2D eigenvalue weighted by molar-refractivity contribution is 0.0600. The third-order valence-corrected chi connectivity index (χ3v) is 5.36. The molecule has 7 nitrogen and oxygen atoms in total. The molecule has 1 aromatic heterocycles. The Morgan fingerprint density at radius 3 is 2.03 bits per heavy atom. The van der Waals surface area contributed by atoms with Crippen molar-refractivity contribution in [2.75, 3.05) is 12.4 Å². The van der Waals surface area contributed by atoms with Crippen LogP contribution in [0.25, 0.3) is 22.4 Å². The zero-order valence-electron chi connectivity index (χ0n) is 18.8. The van der Waals surface area contributed by atoms with Crippen LogP contribution in [0.15, 0.2) is 89.7 Å². The molecule has 3 aromatic carbocycles. The Morgan fingerprint density at radius 1 is 0.882 bits per heavy atom. The number of nitrogens with zero attached hydrogens (tertiary/aromatic N) is 2. The number of benzene rings is 3. The first kappa shape index (κ1) is 22.7. The van der Waals surface area contributed by atoms with Gasteiger partial charge in [-0.05, 0) is 36.8 Å². The third-order valence-electron chi connectivity index (χ3n) is 5.36. The van der Waals surface area contributed by atoms with Gasteiger partial charge >= 0.3 is 5.97 Å². The van der Waals surface area contributed by atoms with Gasteiger partial charge in [0, 0.05) is 23.4 Å². The van der Waals surface area contributed by atoms with Crippen LogP contribution < -0.4 is 10.9 Å². The maximum atomic E-state index is 13.5. The van der Waals surface area contributed by atoms with E-state index in [1.54, 1.807) is 31.2 Å². The maximum absolute atomic E-state index is 13.5. The van der Waals surface area contributed by atoms with E-state index in [1.807, 2.05) is 60.7 Å². The van der Waals surface area contributed by atoms with Gasteiger partial charge in [0.2, 0.25) is 0 Å². The van der Waals surface area contributed by atoms with E-state index in [2.05, 4.69) is 10.4 Å². The van der Waals surface area contributed by atoms with Gasteiger partial charge in [-0.3, -0.25) is 9.59 Å². The second-order valence-corrected chi connectivity index (χ2v) is 7.47. The van der Waals surface area contributed by atoms with Crippen LogP contribution in [0.4, 0.5) is 5.69 Å². The van der Waals surface area contributed by atoms with Crippen LogP contribution >= 0.6 is 0 Å². The number of anilines is 1. The minimum absolute atomic E-state index is 0.000975. The molecular formula is C27H23N3O4. The number of methoxy groups -OCH3 is 1. The lowest BCUT2D eigenvalue weighted by Crippen LogP contribution is -2.32. The molecule has 0 aliphatic rings. The smallest absolute Gasteiger partial charge is 0.337 e. The fourth-order valence-electron chi connectivity index (χ4n) is 3.68. The predicted octanol–water partition coefficient (Wildman–Crippen LogP) is 4.64. The number of carbonyl (C=O) groups excluding carboxylic acids is 2. The van der Waals surface area contributed by atoms with Gasteiger partial charge in [-0.2, -0.15) is 5.10 Å². The topological polar surface area (TPSA) is 90.3 Å². The van der Waals surface area contributed by atoms with Gasteiger partial charge < -0.3 is 10.1 Å². The summed E-state index contributed by atoms with van der Waals surface area (Å²) in [5.41, 5.74) is 2.82. The molecule has 0 unspecified atom stereocenters. The first-order chi connectivity index (χ1) is 16.5. The fourth-order valence-corrected chi connectivity index (χ4v) is 3.68. The van der Waals surface area contributed by atoms with Gasteiger partial charge in [-0.25, -0.2) is 9.48 Å². The monoisotopic (exact) mass is 453 g/mol. The molecule has 7 heteroatoms. The molecule has 170 valence electrons. The molecule has 1 N–H and O–H groups in total. The Bertz CT molecular complexity index is 1380. The number of hydrogen-bond donors (Lipinski definition) is 1. The van der Waals surface area contributed by atoms with Gasteiger partial charge in [-0.15, -0.1) is 0 Å². The zero-order chi connectivity index (χ0) is 24.1. The number of rotatable bonds is 6. The summed E-state index contributed by atoms with van der Waals surface area (Å²) in [6, 6.07) is 25.0. The van der Waals surface area contributed by atoms with Crippen molar-refractivity contribution >= 4 is 17.6 Å². The van der Waals surface area contributed by atoms with Gasteiger partial charge in [0.25, 0.3) is 11.5 Å². The van der Waals surface area contributed by atoms with E-state index in [0.717, 1.165) is 5.56 Å². The predicted molar refractivity (Wildman–Crippen MR) is 131 cm³/mol. The Labute approximate surface area is 196 Å². The van der Waals surface area contributed by atoms with E-state index < -0.39 is 17.4 Å². The van der Waals surface area contributed by atoms with Crippen molar-refractivity contribution in [2.24, 2.45) is 0 Å². The highest BCUT2D eigenvalue weighted by Gasteiger charge is 2.25. The normalized spacial score (nSPS) is 10.5. The Balaban J connectivity index is 1.88. The second kappa shape index (κ2) is 9.95. The first-order valence-corrected chi connectivity index (χ1v) is 10.8. The molecule has 34 heavy (non-hydrogen) atoms. The molecule has 1 heterocycles. The molecule has 0 atom stereocenters. The summed E-state index contributed by atoms with van der Waals surface area (Å²) in [4.78, 5) is 38.6. The van der Waals surface area contributed by atoms with Crippen molar-refractivity contribution in [3.63, 3.8) is 0 Å². The molecule has 1 amide bonds. The molecule has 0 aliphatic carbocycles. The minimum atomic E-state index is -0.559. The summed E-state index contributed by atoms with van der Waals surface area (Å²) in [6.45, 7) is 2.11. The average Bonchev–Trinajstić information content (AvgIpc) is 2.89. The van der Waals surface area contributed by atoms with E-state index in [0.29, 0.717) is 34.6 Å². The SMILES string of the molecule is CCn1nc(-c2ccccc2)c(-c2ccccc2)c(C(=O)Nc2ccc(C(=O)OC)cc2)c1=O. The summed E-state index contributed by atoms with van der Waals surface area (Å²) < 4.78 is 6.01. The highest BCUT2D eigenvalue weighted by Crippen LogP contribution is 2.32. The second-order valence-electron chi connectivity index (χ2n) is 7.47. The van der Waals surface area contributed by atoms with E-state index >= 15 is 0 Å². The third kappa shape index (κ3) is 4.49. The fraction of sp³-hybridized carbons (Fsp3) is 0.111. The Hall–Kier alpha value is -4.52. The standard InChI is InChI=1S/C27H23N3O4/c1-3-30-26(32)23(25(31)28-21-16-14-20(15-17-21)27(33)34-2)22(18-10-6-4-7-11-18)24(29-30)19-12-8-5-9-13-19/h4-17H,3H2,1-2H3,(H,28,31). The van der Waals surface area contributed by atoms with Crippen LogP contribution in [0.2, 0.25) is 0 Å². The van der Waals surface area contributed by atoms with E-state index in [9.17, 15) is 14.4 Å². The Morgan fingerprint density at radius 2 is 1.47 bits per heavy atom. The maximum Gasteiger partial charge on any atom is 0.337 e. The molecular weight excluding hydrogens is 430 g/mol. The minimum Gasteiger partial charge on any atom is -0.465 e. The number of carbonyl (C=O) groups is 2. The molecule has 0 aliphatic heterocycles. The van der Waals surface area contributed by atoms with Crippen molar-refractivity contribution in [2.45, 2.75) is 13.5 Å². The van der Waals surface area contributed by atoms with Crippen molar-refractivity contribution < 1.29 is 14.3 Å². The van der Waals surface area contributed by atoms with Crippen LogP contribution in [-0.4, -0.2) is 28.8 Å². The molecule has 0 fully saturated rings. The van der Waals surface area contributed by atoms with Crippen LogP contribution in [0.5, 0.6) is 0 Å². The molecule has 0 saturated heterocycles. The van der Waals surface area contributed by atoms with Gasteiger partial charge in [0.1, 0.15) is 5.56 Å². The largest absolute Gasteiger partial charge is 0.465 e.